The predicted octanol–water partition coefficient (Wildman–Crippen LogP) is 12.7. The molecule has 12 aromatic rings. The van der Waals surface area contributed by atoms with E-state index in [-0.39, 0.29) is 0 Å². The topological polar surface area (TPSA) is 60.9 Å². The van der Waals surface area contributed by atoms with Gasteiger partial charge in [-0.3, -0.25) is 4.40 Å². The minimum Gasteiger partial charge on any atom is -0.309 e. The van der Waals surface area contributed by atoms with Crippen molar-refractivity contribution in [2.45, 2.75) is 0 Å². The third-order valence-electron chi connectivity index (χ3n) is 11.3. The highest BCUT2D eigenvalue weighted by Gasteiger charge is 2.21. The number of hydrogen-bond acceptors (Lipinski definition) is 4. The van der Waals surface area contributed by atoms with E-state index in [0.717, 1.165) is 66.6 Å². The van der Waals surface area contributed by atoms with E-state index < -0.39 is 0 Å². The van der Waals surface area contributed by atoms with Crippen molar-refractivity contribution in [3.8, 4) is 51.0 Å². The molecule has 0 radical (unpaired) electrons. The molecule has 58 heavy (non-hydrogen) atoms. The Bertz CT molecular complexity index is 3490. The van der Waals surface area contributed by atoms with Crippen molar-refractivity contribution in [1.29, 1.82) is 0 Å². The second-order valence-corrected chi connectivity index (χ2v) is 14.7. The van der Waals surface area contributed by atoms with Crippen molar-refractivity contribution in [3.63, 3.8) is 0 Å². The molecule has 0 amide bonds. The van der Waals surface area contributed by atoms with Gasteiger partial charge in [0.1, 0.15) is 5.65 Å². The largest absolute Gasteiger partial charge is 0.309 e. The molecular weight excluding hydrogens is 709 g/mol. The number of aromatic nitrogens is 6. The van der Waals surface area contributed by atoms with Gasteiger partial charge in [-0.15, -0.1) is 0 Å². The summed E-state index contributed by atoms with van der Waals surface area (Å²) in [7, 11) is 0. The molecule has 0 fully saturated rings. The fraction of sp³-hybridized carbons (Fsp3) is 0. The van der Waals surface area contributed by atoms with E-state index in [4.69, 9.17) is 19.9 Å². The maximum absolute atomic E-state index is 5.15. The number of hydrogen-bond donors (Lipinski definition) is 0. The Morgan fingerprint density at radius 2 is 0.879 bits per heavy atom. The summed E-state index contributed by atoms with van der Waals surface area (Å²) in [5.41, 5.74) is 12.7. The molecule has 8 aromatic carbocycles. The number of imidazole rings is 1. The van der Waals surface area contributed by atoms with Crippen LogP contribution in [0.15, 0.2) is 194 Å². The number of pyridine rings is 1. The summed E-state index contributed by atoms with van der Waals surface area (Å²) < 4.78 is 4.79. The molecule has 0 saturated carbocycles. The summed E-state index contributed by atoms with van der Waals surface area (Å²) >= 11 is 0. The van der Waals surface area contributed by atoms with E-state index >= 15 is 0 Å². The van der Waals surface area contributed by atoms with Crippen LogP contribution in [0.5, 0.6) is 0 Å². The lowest BCUT2D eigenvalue weighted by Crippen LogP contribution is -2.00. The molecule has 0 spiro atoms. The zero-order chi connectivity index (χ0) is 38.2. The zero-order valence-electron chi connectivity index (χ0n) is 31.2. The smallest absolute Gasteiger partial charge is 0.164 e. The fourth-order valence-corrected chi connectivity index (χ4v) is 8.69. The van der Waals surface area contributed by atoms with Gasteiger partial charge in [-0.1, -0.05) is 158 Å². The van der Waals surface area contributed by atoms with Crippen molar-refractivity contribution < 1.29 is 0 Å². The summed E-state index contributed by atoms with van der Waals surface area (Å²) in [6.07, 6.45) is 0. The number of nitrogens with zero attached hydrogens (tertiary/aromatic N) is 6. The van der Waals surface area contributed by atoms with Crippen LogP contribution in [-0.4, -0.2) is 28.9 Å². The molecule has 0 aliphatic carbocycles. The van der Waals surface area contributed by atoms with E-state index in [1.165, 1.54) is 27.1 Å². The highest BCUT2D eigenvalue weighted by Crippen LogP contribution is 2.42. The van der Waals surface area contributed by atoms with Crippen LogP contribution in [0.25, 0.3) is 111 Å². The van der Waals surface area contributed by atoms with Gasteiger partial charge >= 0.3 is 0 Å². The Balaban J connectivity index is 1.03. The quantitative estimate of drug-likeness (QED) is 0.165. The molecule has 4 aromatic heterocycles. The summed E-state index contributed by atoms with van der Waals surface area (Å²) in [5.74, 6) is 1.93. The van der Waals surface area contributed by atoms with Gasteiger partial charge in [-0.05, 0) is 52.9 Å². The Labute approximate surface area is 333 Å². The Morgan fingerprint density at radius 3 is 1.59 bits per heavy atom. The first-order valence-electron chi connectivity index (χ1n) is 19.5. The molecule has 4 heterocycles. The summed E-state index contributed by atoms with van der Waals surface area (Å²) in [6.45, 7) is 0. The van der Waals surface area contributed by atoms with E-state index in [2.05, 4.69) is 142 Å². The highest BCUT2D eigenvalue weighted by atomic mass is 15.0. The van der Waals surface area contributed by atoms with Gasteiger partial charge in [0.15, 0.2) is 17.5 Å². The van der Waals surface area contributed by atoms with Crippen molar-refractivity contribution >= 4 is 60.2 Å². The van der Waals surface area contributed by atoms with Crippen LogP contribution >= 0.6 is 0 Å². The number of rotatable bonds is 5. The van der Waals surface area contributed by atoms with Gasteiger partial charge in [0, 0.05) is 43.9 Å². The van der Waals surface area contributed by atoms with Crippen molar-refractivity contribution in [1.82, 2.24) is 28.9 Å². The summed E-state index contributed by atoms with van der Waals surface area (Å²) in [4.78, 5) is 19.9. The van der Waals surface area contributed by atoms with E-state index in [1.807, 2.05) is 60.7 Å². The van der Waals surface area contributed by atoms with Crippen molar-refractivity contribution in [2.24, 2.45) is 0 Å². The Hall–Kier alpha value is -7.96. The lowest BCUT2D eigenvalue weighted by Gasteiger charge is -2.15. The molecule has 6 nitrogen and oxygen atoms in total. The normalized spacial score (nSPS) is 11.8. The van der Waals surface area contributed by atoms with Crippen molar-refractivity contribution in [3.05, 3.63) is 194 Å². The molecule has 0 aliphatic rings. The standard InChI is InChI=1S/C52H32N6/c1-3-14-34(15-4-1)49-54-50(35-16-5-2-6-17-35)56-51(55-49)36-28-26-33(27-29-36)37-18-13-19-38(32-37)57-44-24-11-9-20-39(44)41-30-31-46-47(48(41)57)40-21-7-8-22-42(40)52-53-43-23-10-12-25-45(43)58(46)52/h1-32H. The van der Waals surface area contributed by atoms with Crippen LogP contribution in [0, 0.1) is 0 Å². The molecule has 270 valence electrons. The highest BCUT2D eigenvalue weighted by molar-refractivity contribution is 6.27. The molecule has 0 saturated heterocycles. The molecule has 0 N–H and O–H groups in total. The third kappa shape index (κ3) is 4.98. The maximum Gasteiger partial charge on any atom is 0.164 e. The van der Waals surface area contributed by atoms with Gasteiger partial charge in [0.25, 0.3) is 0 Å². The fourth-order valence-electron chi connectivity index (χ4n) is 8.69. The lowest BCUT2D eigenvalue weighted by atomic mass is 10.0. The van der Waals surface area contributed by atoms with Gasteiger partial charge in [-0.2, -0.15) is 0 Å². The first-order valence-corrected chi connectivity index (χ1v) is 19.5. The average Bonchev–Trinajstić information content (AvgIpc) is 3.86. The molecule has 0 aliphatic heterocycles. The molecule has 6 heteroatoms. The lowest BCUT2D eigenvalue weighted by molar-refractivity contribution is 1.07. The van der Waals surface area contributed by atoms with Crippen LogP contribution in [0.2, 0.25) is 0 Å². The van der Waals surface area contributed by atoms with Crippen LogP contribution in [-0.2, 0) is 0 Å². The third-order valence-corrected chi connectivity index (χ3v) is 11.3. The summed E-state index contributed by atoms with van der Waals surface area (Å²) in [5, 5.41) is 5.96. The first-order chi connectivity index (χ1) is 28.8. The van der Waals surface area contributed by atoms with Crippen LogP contribution in [0.3, 0.4) is 0 Å². The van der Waals surface area contributed by atoms with Crippen LogP contribution in [0.4, 0.5) is 0 Å². The Kier molecular flexibility index (Phi) is 7.13. The second-order valence-electron chi connectivity index (χ2n) is 14.7. The SMILES string of the molecule is c1ccc(-c2nc(-c3ccccc3)nc(-c3ccc(-c4cccc(-n5c6ccccc6c6ccc7c(c8ccccc8c8nc9ccccc9n78)c65)c4)cc3)n2)cc1. The van der Waals surface area contributed by atoms with Gasteiger partial charge < -0.3 is 4.57 Å². The molecular formula is C52H32N6. The summed E-state index contributed by atoms with van der Waals surface area (Å²) in [6, 6.07) is 68.0. The minimum atomic E-state index is 0.636. The minimum absolute atomic E-state index is 0.636. The van der Waals surface area contributed by atoms with E-state index in [1.54, 1.807) is 0 Å². The second kappa shape index (κ2) is 12.8. The maximum atomic E-state index is 5.15. The Morgan fingerprint density at radius 1 is 0.328 bits per heavy atom. The predicted molar refractivity (Wildman–Crippen MR) is 237 cm³/mol. The van der Waals surface area contributed by atoms with E-state index in [0.29, 0.717) is 17.5 Å². The molecule has 0 bridgehead atoms. The zero-order valence-corrected chi connectivity index (χ0v) is 31.2. The van der Waals surface area contributed by atoms with Crippen LogP contribution < -0.4 is 0 Å². The van der Waals surface area contributed by atoms with Gasteiger partial charge in [0.05, 0.1) is 27.6 Å². The van der Waals surface area contributed by atoms with Gasteiger partial charge in [0.2, 0.25) is 0 Å². The average molecular weight is 741 g/mol. The number of fused-ring (bicyclic) bond motifs is 12. The molecule has 0 unspecified atom stereocenters. The van der Waals surface area contributed by atoms with Gasteiger partial charge in [-0.25, -0.2) is 19.9 Å². The van der Waals surface area contributed by atoms with Crippen LogP contribution in [0.1, 0.15) is 0 Å². The molecule has 0 atom stereocenters. The first kappa shape index (κ1) is 32.3. The van der Waals surface area contributed by atoms with Crippen molar-refractivity contribution in [2.75, 3.05) is 0 Å². The molecule has 12 rings (SSSR count). The number of para-hydroxylation sites is 3. The van der Waals surface area contributed by atoms with E-state index in [9.17, 15) is 0 Å². The monoisotopic (exact) mass is 740 g/mol. The number of benzene rings is 8.